The quantitative estimate of drug-likeness (QED) is 0.161. The standard InChI is InChI=1S/C26H46N2O3S.K/c1-2-3-4-5-6-7-8-9-10-11-12-13-14-15-16-17-20-23-26(32(29,30)31)27-24-21-18-19-22-25(24)28-26;/h18-19,21-22,27-28H,2-17,20,23H2,1H3,(H,29,30,31);/q;+1/p-1. The molecular weight excluding hydrogens is 459 g/mol. The van der Waals surface area contributed by atoms with Crippen molar-refractivity contribution in [3.05, 3.63) is 24.3 Å². The van der Waals surface area contributed by atoms with Crippen LogP contribution in [0.3, 0.4) is 0 Å². The summed E-state index contributed by atoms with van der Waals surface area (Å²) in [4.78, 5) is -1.60. The van der Waals surface area contributed by atoms with E-state index in [0.717, 1.165) is 12.8 Å². The number of anilines is 2. The number of fused-ring (bicyclic) bond motifs is 1. The Morgan fingerprint density at radius 2 is 1.00 bits per heavy atom. The van der Waals surface area contributed by atoms with Gasteiger partial charge in [0.05, 0.1) is 11.4 Å². The average Bonchev–Trinajstić information content (AvgIpc) is 3.16. The van der Waals surface area contributed by atoms with E-state index in [0.29, 0.717) is 17.8 Å². The number of rotatable bonds is 19. The summed E-state index contributed by atoms with van der Waals surface area (Å²) >= 11 is 0. The molecule has 7 heteroatoms. The Morgan fingerprint density at radius 1 is 0.667 bits per heavy atom. The first-order chi connectivity index (χ1) is 15.5. The fourth-order valence-electron chi connectivity index (χ4n) is 4.64. The summed E-state index contributed by atoms with van der Waals surface area (Å²) in [6, 6.07) is 7.25. The second-order valence-electron chi connectivity index (χ2n) is 9.48. The first kappa shape index (κ1) is 31.4. The van der Waals surface area contributed by atoms with Crippen LogP contribution in [0.25, 0.3) is 0 Å². The van der Waals surface area contributed by atoms with Crippen molar-refractivity contribution in [3.8, 4) is 0 Å². The van der Waals surface area contributed by atoms with Crippen molar-refractivity contribution >= 4 is 21.5 Å². The molecule has 184 valence electrons. The van der Waals surface area contributed by atoms with Crippen molar-refractivity contribution in [3.63, 3.8) is 0 Å². The van der Waals surface area contributed by atoms with E-state index < -0.39 is 15.1 Å². The molecule has 1 heterocycles. The van der Waals surface area contributed by atoms with Gasteiger partial charge in [0.1, 0.15) is 10.1 Å². The van der Waals surface area contributed by atoms with E-state index >= 15 is 0 Å². The van der Waals surface area contributed by atoms with Crippen LogP contribution in [0.5, 0.6) is 0 Å². The third kappa shape index (κ3) is 11.8. The van der Waals surface area contributed by atoms with E-state index in [1.165, 1.54) is 89.9 Å². The summed E-state index contributed by atoms with van der Waals surface area (Å²) in [5.41, 5.74) is 1.36. The molecule has 0 fully saturated rings. The predicted molar refractivity (Wildman–Crippen MR) is 135 cm³/mol. The molecule has 0 atom stereocenters. The molecule has 1 aromatic rings. The summed E-state index contributed by atoms with van der Waals surface area (Å²) in [6.45, 7) is 2.27. The molecule has 0 bridgehead atoms. The van der Waals surface area contributed by atoms with Crippen LogP contribution in [0.1, 0.15) is 122 Å². The molecule has 0 spiro atoms. The van der Waals surface area contributed by atoms with E-state index in [2.05, 4.69) is 17.6 Å². The van der Waals surface area contributed by atoms with Crippen LogP contribution in [0, 0.1) is 0 Å². The molecule has 2 rings (SSSR count). The summed E-state index contributed by atoms with van der Waals surface area (Å²) in [6.07, 6.45) is 22.1. The zero-order valence-corrected chi connectivity index (χ0v) is 25.1. The number of para-hydroxylation sites is 2. The van der Waals surface area contributed by atoms with Crippen molar-refractivity contribution in [2.24, 2.45) is 0 Å². The molecule has 0 unspecified atom stereocenters. The predicted octanol–water partition coefficient (Wildman–Crippen LogP) is 4.77. The monoisotopic (exact) mass is 504 g/mol. The Morgan fingerprint density at radius 3 is 1.33 bits per heavy atom. The van der Waals surface area contributed by atoms with Crippen molar-refractivity contribution in [1.29, 1.82) is 0 Å². The molecule has 1 aliphatic rings. The molecule has 0 amide bonds. The Balaban J connectivity index is 0.00000544. The Labute approximate surface area is 245 Å². The molecule has 2 N–H and O–H groups in total. The molecule has 0 radical (unpaired) electrons. The van der Waals surface area contributed by atoms with Crippen molar-refractivity contribution in [2.75, 3.05) is 10.6 Å². The molecule has 1 aromatic carbocycles. The van der Waals surface area contributed by atoms with Gasteiger partial charge in [0.2, 0.25) is 4.99 Å². The number of unbranched alkanes of at least 4 members (excludes halogenated alkanes) is 16. The van der Waals surface area contributed by atoms with Gasteiger partial charge in [-0.2, -0.15) is 0 Å². The van der Waals surface area contributed by atoms with Gasteiger partial charge in [0.25, 0.3) is 0 Å². The van der Waals surface area contributed by atoms with E-state index in [1.54, 1.807) is 12.1 Å². The van der Waals surface area contributed by atoms with Gasteiger partial charge in [0.15, 0.2) is 0 Å². The third-order valence-electron chi connectivity index (χ3n) is 6.66. The first-order valence-corrected chi connectivity index (χ1v) is 14.5. The van der Waals surface area contributed by atoms with Crippen molar-refractivity contribution in [2.45, 2.75) is 127 Å². The zero-order valence-electron chi connectivity index (χ0n) is 21.2. The minimum atomic E-state index is -4.53. The first-order valence-electron chi connectivity index (χ1n) is 13.1. The Kier molecular flexibility index (Phi) is 16.9. The van der Waals surface area contributed by atoms with Crippen LogP contribution in [0.2, 0.25) is 0 Å². The van der Waals surface area contributed by atoms with E-state index in [9.17, 15) is 13.0 Å². The third-order valence-corrected chi connectivity index (χ3v) is 7.92. The molecular formula is C26H45KN2O3S. The number of hydrogen-bond donors (Lipinski definition) is 2. The fraction of sp³-hybridized carbons (Fsp3) is 0.769. The molecule has 0 aliphatic carbocycles. The molecule has 33 heavy (non-hydrogen) atoms. The SMILES string of the molecule is CCCCCCCCCCCCCCCCCCCC1(S(=O)(=O)[O-])Nc2ccccc2N1.[K+]. The van der Waals surface area contributed by atoms with Gasteiger partial charge in [0, 0.05) is 6.42 Å². The Hall–Kier alpha value is 0.366. The number of benzene rings is 1. The molecule has 5 nitrogen and oxygen atoms in total. The summed E-state index contributed by atoms with van der Waals surface area (Å²) in [7, 11) is -4.53. The van der Waals surface area contributed by atoms with Crippen LogP contribution in [-0.2, 0) is 10.1 Å². The van der Waals surface area contributed by atoms with Gasteiger partial charge in [-0.1, -0.05) is 122 Å². The molecule has 0 saturated heterocycles. The largest absolute Gasteiger partial charge is 1.00 e. The normalized spacial score (nSPS) is 14.2. The Bertz CT molecular complexity index is 718. The smallest absolute Gasteiger partial charge is 0.745 e. The fourth-order valence-corrected chi connectivity index (χ4v) is 5.51. The van der Waals surface area contributed by atoms with Crippen LogP contribution in [-0.4, -0.2) is 18.0 Å². The second kappa shape index (κ2) is 17.7. The molecule has 1 aliphatic heterocycles. The van der Waals surface area contributed by atoms with E-state index in [4.69, 9.17) is 0 Å². The van der Waals surface area contributed by atoms with Crippen LogP contribution in [0.15, 0.2) is 24.3 Å². The maximum absolute atomic E-state index is 11.9. The minimum absolute atomic E-state index is 0. The zero-order chi connectivity index (χ0) is 23.1. The van der Waals surface area contributed by atoms with Gasteiger partial charge in [-0.3, -0.25) is 0 Å². The van der Waals surface area contributed by atoms with Gasteiger partial charge in [-0.25, -0.2) is 8.42 Å². The van der Waals surface area contributed by atoms with Gasteiger partial charge in [-0.15, -0.1) is 0 Å². The second-order valence-corrected chi connectivity index (χ2v) is 11.1. The molecule has 0 aromatic heterocycles. The van der Waals surface area contributed by atoms with E-state index in [1.807, 2.05) is 12.1 Å². The average molecular weight is 505 g/mol. The van der Waals surface area contributed by atoms with Gasteiger partial charge >= 0.3 is 51.4 Å². The summed E-state index contributed by atoms with van der Waals surface area (Å²) < 4.78 is 35.8. The minimum Gasteiger partial charge on any atom is -0.745 e. The number of nitrogens with one attached hydrogen (secondary N) is 2. The van der Waals surface area contributed by atoms with E-state index in [-0.39, 0.29) is 57.8 Å². The maximum Gasteiger partial charge on any atom is 1.00 e. The van der Waals surface area contributed by atoms with Gasteiger partial charge < -0.3 is 15.2 Å². The van der Waals surface area contributed by atoms with Gasteiger partial charge in [-0.05, 0) is 18.6 Å². The van der Waals surface area contributed by atoms with Crippen LogP contribution < -0.4 is 62.0 Å². The van der Waals surface area contributed by atoms with Crippen LogP contribution in [0.4, 0.5) is 11.4 Å². The topological polar surface area (TPSA) is 81.3 Å². The maximum atomic E-state index is 11.9. The van der Waals surface area contributed by atoms with Crippen molar-refractivity contribution < 1.29 is 64.4 Å². The van der Waals surface area contributed by atoms with Crippen LogP contribution >= 0.6 is 0 Å². The summed E-state index contributed by atoms with van der Waals surface area (Å²) in [5, 5.41) is 5.86. The molecule has 0 saturated carbocycles. The van der Waals surface area contributed by atoms with Crippen molar-refractivity contribution in [1.82, 2.24) is 0 Å². The summed E-state index contributed by atoms with van der Waals surface area (Å²) in [5.74, 6) is 0. The number of hydrogen-bond acceptors (Lipinski definition) is 5.